The Bertz CT molecular complexity index is 319. The van der Waals surface area contributed by atoms with Crippen LogP contribution in [0.25, 0.3) is 0 Å². The summed E-state index contributed by atoms with van der Waals surface area (Å²) in [6, 6.07) is 1.05. The fourth-order valence-electron chi connectivity index (χ4n) is 3.14. The molecule has 0 amide bonds. The molecule has 1 aliphatic carbocycles. The number of hydrogen-bond acceptors (Lipinski definition) is 3. The number of nitrogens with one attached hydrogen (secondary N) is 2. The lowest BCUT2D eigenvalue weighted by atomic mass is 9.93. The van der Waals surface area contributed by atoms with Gasteiger partial charge in [-0.25, -0.2) is 0 Å². The summed E-state index contributed by atoms with van der Waals surface area (Å²) in [6.07, 6.45) is 6.34. The van der Waals surface area contributed by atoms with Gasteiger partial charge < -0.3 is 20.6 Å². The molecule has 6 heteroatoms. The fourth-order valence-corrected chi connectivity index (χ4v) is 3.14. The van der Waals surface area contributed by atoms with Crippen LogP contribution in [0, 0.1) is 0 Å². The van der Waals surface area contributed by atoms with Crippen molar-refractivity contribution in [1.29, 1.82) is 0 Å². The second kappa shape index (κ2) is 9.84. The highest BCUT2D eigenvalue weighted by Crippen LogP contribution is 2.18. The largest absolute Gasteiger partial charge is 0.393 e. The van der Waals surface area contributed by atoms with Gasteiger partial charge in [0.1, 0.15) is 0 Å². The van der Waals surface area contributed by atoms with Gasteiger partial charge in [0.05, 0.1) is 12.6 Å². The van der Waals surface area contributed by atoms with E-state index in [0.29, 0.717) is 12.1 Å². The average molecular weight is 410 g/mol. The van der Waals surface area contributed by atoms with Gasteiger partial charge in [0.15, 0.2) is 5.96 Å². The number of likely N-dealkylation sites (tertiary alicyclic amines) is 1. The van der Waals surface area contributed by atoms with Crippen molar-refractivity contribution in [2.75, 3.05) is 26.7 Å². The van der Waals surface area contributed by atoms with E-state index in [9.17, 15) is 5.11 Å². The molecule has 0 radical (unpaired) electrons. The normalized spacial score (nSPS) is 30.8. The molecule has 1 aliphatic heterocycles. The van der Waals surface area contributed by atoms with E-state index in [1.165, 1.54) is 19.4 Å². The molecule has 124 valence electrons. The third kappa shape index (κ3) is 6.28. The number of likely N-dealkylation sites (N-methyl/N-ethyl adjacent to an activating group) is 1. The Kier molecular flexibility index (Phi) is 8.89. The number of aliphatic hydroxyl groups excluding tert-OH is 1. The lowest BCUT2D eigenvalue weighted by Gasteiger charge is -2.28. The Morgan fingerprint density at radius 3 is 2.52 bits per heavy atom. The van der Waals surface area contributed by atoms with Crippen LogP contribution in [0.5, 0.6) is 0 Å². The van der Waals surface area contributed by atoms with Crippen LogP contribution in [-0.4, -0.2) is 60.8 Å². The molecule has 2 aliphatic rings. The quantitative estimate of drug-likeness (QED) is 0.374. The predicted octanol–water partition coefficient (Wildman–Crippen LogP) is 1.56. The van der Waals surface area contributed by atoms with E-state index < -0.39 is 0 Å². The van der Waals surface area contributed by atoms with Crippen molar-refractivity contribution in [1.82, 2.24) is 15.5 Å². The topological polar surface area (TPSA) is 59.9 Å². The van der Waals surface area contributed by atoms with Crippen molar-refractivity contribution in [2.45, 2.75) is 63.6 Å². The Balaban J connectivity index is 0.00000220. The number of guanidine groups is 1. The van der Waals surface area contributed by atoms with Crippen LogP contribution in [0.15, 0.2) is 4.99 Å². The van der Waals surface area contributed by atoms with Crippen molar-refractivity contribution in [3.8, 4) is 0 Å². The first-order valence-corrected chi connectivity index (χ1v) is 8.12. The van der Waals surface area contributed by atoms with E-state index in [4.69, 9.17) is 4.99 Å². The maximum Gasteiger partial charge on any atom is 0.191 e. The molecular formula is C15H31IN4O. The van der Waals surface area contributed by atoms with E-state index in [1.807, 2.05) is 0 Å². The maximum atomic E-state index is 9.56. The molecule has 5 nitrogen and oxygen atoms in total. The van der Waals surface area contributed by atoms with E-state index in [1.54, 1.807) is 0 Å². The molecule has 1 heterocycles. The third-order valence-electron chi connectivity index (χ3n) is 4.51. The monoisotopic (exact) mass is 410 g/mol. The zero-order chi connectivity index (χ0) is 14.4. The highest BCUT2D eigenvalue weighted by atomic mass is 127. The number of aliphatic imine (C=N–C) groups is 1. The Hall–Kier alpha value is -0.0800. The zero-order valence-corrected chi connectivity index (χ0v) is 15.7. The van der Waals surface area contributed by atoms with Gasteiger partial charge in [0, 0.05) is 18.6 Å². The van der Waals surface area contributed by atoms with Gasteiger partial charge in [-0.2, -0.15) is 0 Å². The summed E-state index contributed by atoms with van der Waals surface area (Å²) in [4.78, 5) is 7.16. The minimum atomic E-state index is -0.0975. The van der Waals surface area contributed by atoms with Crippen LogP contribution < -0.4 is 10.6 Å². The van der Waals surface area contributed by atoms with Crippen LogP contribution in [0.1, 0.15) is 45.4 Å². The lowest BCUT2D eigenvalue weighted by molar-refractivity contribution is 0.120. The standard InChI is InChI=1S/C15H30N4O.HI/c1-3-16-15(17-11-13-5-4-10-19(13)2)18-12-6-8-14(20)9-7-12;/h12-14,20H,3-11H2,1-2H3,(H2,16,17,18);1H. The summed E-state index contributed by atoms with van der Waals surface area (Å²) in [6.45, 7) is 5.07. The van der Waals surface area contributed by atoms with Crippen LogP contribution in [0.3, 0.4) is 0 Å². The van der Waals surface area contributed by atoms with Crippen molar-refractivity contribution >= 4 is 29.9 Å². The average Bonchev–Trinajstić information content (AvgIpc) is 2.84. The summed E-state index contributed by atoms with van der Waals surface area (Å²) in [5.41, 5.74) is 0. The van der Waals surface area contributed by atoms with Gasteiger partial charge in [-0.3, -0.25) is 4.99 Å². The molecule has 1 saturated carbocycles. The summed E-state index contributed by atoms with van der Waals surface area (Å²) >= 11 is 0. The molecule has 1 unspecified atom stereocenters. The van der Waals surface area contributed by atoms with Crippen molar-refractivity contribution in [2.24, 2.45) is 4.99 Å². The minimum absolute atomic E-state index is 0. The Labute approximate surface area is 146 Å². The smallest absolute Gasteiger partial charge is 0.191 e. The van der Waals surface area contributed by atoms with E-state index in [2.05, 4.69) is 29.5 Å². The number of hydrogen-bond donors (Lipinski definition) is 3. The number of nitrogens with zero attached hydrogens (tertiary/aromatic N) is 2. The molecule has 0 spiro atoms. The second-order valence-corrected chi connectivity index (χ2v) is 6.15. The second-order valence-electron chi connectivity index (χ2n) is 6.15. The highest BCUT2D eigenvalue weighted by Gasteiger charge is 2.22. The fraction of sp³-hybridized carbons (Fsp3) is 0.933. The van der Waals surface area contributed by atoms with Gasteiger partial charge in [-0.15, -0.1) is 24.0 Å². The molecule has 0 aromatic carbocycles. The summed E-state index contributed by atoms with van der Waals surface area (Å²) in [5, 5.41) is 16.4. The van der Waals surface area contributed by atoms with Crippen LogP contribution >= 0.6 is 24.0 Å². The SMILES string of the molecule is CCNC(=NCC1CCCN1C)NC1CCC(O)CC1.I. The lowest BCUT2D eigenvalue weighted by Crippen LogP contribution is -2.45. The maximum absolute atomic E-state index is 9.56. The summed E-state index contributed by atoms with van der Waals surface area (Å²) in [5.74, 6) is 0.939. The molecule has 0 bridgehead atoms. The van der Waals surface area contributed by atoms with E-state index in [0.717, 1.165) is 44.7 Å². The van der Waals surface area contributed by atoms with Gasteiger partial charge in [0.25, 0.3) is 0 Å². The van der Waals surface area contributed by atoms with Crippen molar-refractivity contribution < 1.29 is 5.11 Å². The van der Waals surface area contributed by atoms with Crippen LogP contribution in [-0.2, 0) is 0 Å². The third-order valence-corrected chi connectivity index (χ3v) is 4.51. The molecule has 0 aromatic rings. The van der Waals surface area contributed by atoms with Gasteiger partial charge >= 0.3 is 0 Å². The summed E-state index contributed by atoms with van der Waals surface area (Å²) < 4.78 is 0. The molecule has 1 saturated heterocycles. The first-order valence-electron chi connectivity index (χ1n) is 8.12. The molecule has 0 aromatic heterocycles. The molecule has 21 heavy (non-hydrogen) atoms. The zero-order valence-electron chi connectivity index (χ0n) is 13.3. The van der Waals surface area contributed by atoms with Crippen molar-refractivity contribution in [3.63, 3.8) is 0 Å². The predicted molar refractivity (Wildman–Crippen MR) is 98.4 cm³/mol. The first-order chi connectivity index (χ1) is 9.69. The van der Waals surface area contributed by atoms with Gasteiger partial charge in [-0.05, 0) is 59.0 Å². The van der Waals surface area contributed by atoms with Crippen LogP contribution in [0.2, 0.25) is 0 Å². The van der Waals surface area contributed by atoms with Gasteiger partial charge in [0.2, 0.25) is 0 Å². The Morgan fingerprint density at radius 1 is 1.24 bits per heavy atom. The highest BCUT2D eigenvalue weighted by molar-refractivity contribution is 14.0. The number of halogens is 1. The molecule has 2 rings (SSSR count). The molecule has 3 N–H and O–H groups in total. The number of aliphatic hydroxyl groups is 1. The van der Waals surface area contributed by atoms with E-state index in [-0.39, 0.29) is 30.1 Å². The molecule has 2 fully saturated rings. The van der Waals surface area contributed by atoms with Crippen LogP contribution in [0.4, 0.5) is 0 Å². The van der Waals surface area contributed by atoms with Crippen molar-refractivity contribution in [3.05, 3.63) is 0 Å². The first kappa shape index (κ1) is 19.0. The molecular weight excluding hydrogens is 379 g/mol. The molecule has 1 atom stereocenters. The number of rotatable bonds is 4. The van der Waals surface area contributed by atoms with E-state index >= 15 is 0 Å². The Morgan fingerprint density at radius 2 is 1.95 bits per heavy atom. The van der Waals surface area contributed by atoms with Gasteiger partial charge in [-0.1, -0.05) is 0 Å². The minimum Gasteiger partial charge on any atom is -0.393 e. The summed E-state index contributed by atoms with van der Waals surface area (Å²) in [7, 11) is 2.19.